The molecule has 0 bridgehead atoms. The zero-order valence-electron chi connectivity index (χ0n) is 12.7. The van der Waals surface area contributed by atoms with Crippen molar-refractivity contribution in [2.75, 3.05) is 12.5 Å². The van der Waals surface area contributed by atoms with Gasteiger partial charge in [-0.3, -0.25) is 5.43 Å². The van der Waals surface area contributed by atoms with Gasteiger partial charge in [0.25, 0.3) is 0 Å². The van der Waals surface area contributed by atoms with Crippen molar-refractivity contribution in [3.8, 4) is 5.75 Å². The Bertz CT molecular complexity index is 810. The number of fused-ring (bicyclic) bond motifs is 1. The van der Waals surface area contributed by atoms with Crippen LogP contribution in [0.1, 0.15) is 12.5 Å². The van der Waals surface area contributed by atoms with Crippen LogP contribution in [0.25, 0.3) is 10.8 Å². The molecule has 3 aromatic rings. The normalized spacial score (nSPS) is 11.5. The molecule has 0 aliphatic rings. The third kappa shape index (κ3) is 3.09. The van der Waals surface area contributed by atoms with Gasteiger partial charge in [-0.25, -0.2) is 0 Å². The number of hydrogen-bond donors (Lipinski definition) is 1. The van der Waals surface area contributed by atoms with Crippen molar-refractivity contribution < 1.29 is 4.74 Å². The highest BCUT2D eigenvalue weighted by molar-refractivity contribution is 6.02. The second-order valence-electron chi connectivity index (χ2n) is 5.10. The van der Waals surface area contributed by atoms with Crippen LogP contribution in [0.2, 0.25) is 0 Å². The molecular formula is C19H18N2O. The number of anilines is 1. The van der Waals surface area contributed by atoms with Crippen molar-refractivity contribution >= 4 is 22.2 Å². The van der Waals surface area contributed by atoms with Gasteiger partial charge in [0.15, 0.2) is 0 Å². The van der Waals surface area contributed by atoms with Gasteiger partial charge in [-0.2, -0.15) is 5.10 Å². The Morgan fingerprint density at radius 1 is 0.909 bits per heavy atom. The van der Waals surface area contributed by atoms with Gasteiger partial charge in [0.2, 0.25) is 0 Å². The summed E-state index contributed by atoms with van der Waals surface area (Å²) < 4.78 is 5.25. The van der Waals surface area contributed by atoms with Crippen LogP contribution in [0.5, 0.6) is 5.75 Å². The fourth-order valence-electron chi connectivity index (χ4n) is 2.30. The van der Waals surface area contributed by atoms with Crippen LogP contribution < -0.4 is 10.2 Å². The number of benzene rings is 3. The van der Waals surface area contributed by atoms with Crippen molar-refractivity contribution in [3.05, 3.63) is 72.3 Å². The minimum absolute atomic E-state index is 0.872. The molecular weight excluding hydrogens is 272 g/mol. The summed E-state index contributed by atoms with van der Waals surface area (Å²) in [6, 6.07) is 22.3. The quantitative estimate of drug-likeness (QED) is 0.559. The van der Waals surface area contributed by atoms with E-state index in [1.807, 2.05) is 49.4 Å². The first kappa shape index (κ1) is 14.1. The number of methoxy groups -OCH3 is 1. The van der Waals surface area contributed by atoms with Gasteiger partial charge in [-0.15, -0.1) is 0 Å². The van der Waals surface area contributed by atoms with Gasteiger partial charge in [0.1, 0.15) is 5.75 Å². The van der Waals surface area contributed by atoms with Crippen molar-refractivity contribution in [2.45, 2.75) is 6.92 Å². The lowest BCUT2D eigenvalue weighted by molar-refractivity contribution is 0.415. The lowest BCUT2D eigenvalue weighted by atomic mass is 10.0. The highest BCUT2D eigenvalue weighted by atomic mass is 16.5. The van der Waals surface area contributed by atoms with E-state index in [-0.39, 0.29) is 0 Å². The predicted molar refractivity (Wildman–Crippen MR) is 92.8 cm³/mol. The van der Waals surface area contributed by atoms with Crippen LogP contribution in [-0.4, -0.2) is 12.8 Å². The molecule has 0 amide bonds. The summed E-state index contributed by atoms with van der Waals surface area (Å²) >= 11 is 0. The predicted octanol–water partition coefficient (Wildman–Crippen LogP) is 4.68. The summed E-state index contributed by atoms with van der Waals surface area (Å²) in [5.41, 5.74) is 6.10. The van der Waals surface area contributed by atoms with Gasteiger partial charge in [-0.1, -0.05) is 36.4 Å². The molecule has 22 heavy (non-hydrogen) atoms. The molecule has 0 heterocycles. The highest BCUT2D eigenvalue weighted by Crippen LogP contribution is 2.22. The molecule has 0 aliphatic heterocycles. The average molecular weight is 290 g/mol. The molecule has 0 unspecified atom stereocenters. The standard InChI is InChI=1S/C19H18N2O/c1-14(20-21-18-6-4-3-5-7-18)15-8-9-17-13-19(22-2)11-10-16(17)12-15/h3-13,21H,1-2H3/b20-14-. The number of ether oxygens (including phenoxy) is 1. The third-order valence-corrected chi connectivity index (χ3v) is 3.59. The molecule has 0 saturated heterocycles. The first-order valence-electron chi connectivity index (χ1n) is 7.20. The Morgan fingerprint density at radius 2 is 1.64 bits per heavy atom. The Hall–Kier alpha value is -2.81. The van der Waals surface area contributed by atoms with E-state index >= 15 is 0 Å². The van der Waals surface area contributed by atoms with E-state index in [4.69, 9.17) is 4.74 Å². The monoisotopic (exact) mass is 290 g/mol. The molecule has 110 valence electrons. The van der Waals surface area contributed by atoms with Crippen molar-refractivity contribution in [2.24, 2.45) is 5.10 Å². The van der Waals surface area contributed by atoms with Crippen molar-refractivity contribution in [1.29, 1.82) is 0 Å². The molecule has 0 aromatic heterocycles. The molecule has 0 saturated carbocycles. The van der Waals surface area contributed by atoms with Gasteiger partial charge in [-0.05, 0) is 53.6 Å². The van der Waals surface area contributed by atoms with E-state index < -0.39 is 0 Å². The second-order valence-corrected chi connectivity index (χ2v) is 5.10. The smallest absolute Gasteiger partial charge is 0.119 e. The van der Waals surface area contributed by atoms with Gasteiger partial charge in [0, 0.05) is 0 Å². The summed E-state index contributed by atoms with van der Waals surface area (Å²) in [6.07, 6.45) is 0. The number of nitrogens with zero attached hydrogens (tertiary/aromatic N) is 1. The van der Waals surface area contributed by atoms with E-state index in [1.54, 1.807) is 7.11 Å². The van der Waals surface area contributed by atoms with Crippen LogP contribution in [0.4, 0.5) is 5.69 Å². The third-order valence-electron chi connectivity index (χ3n) is 3.59. The van der Waals surface area contributed by atoms with Gasteiger partial charge >= 0.3 is 0 Å². The van der Waals surface area contributed by atoms with E-state index in [0.29, 0.717) is 0 Å². The lowest BCUT2D eigenvalue weighted by Gasteiger charge is -2.06. The molecule has 3 aromatic carbocycles. The number of nitrogens with one attached hydrogen (secondary N) is 1. The number of hydrazone groups is 1. The molecule has 0 radical (unpaired) electrons. The number of rotatable bonds is 4. The molecule has 0 fully saturated rings. The van der Waals surface area contributed by atoms with E-state index in [2.05, 4.69) is 34.8 Å². The van der Waals surface area contributed by atoms with Crippen molar-refractivity contribution in [3.63, 3.8) is 0 Å². The van der Waals surface area contributed by atoms with Crippen LogP contribution >= 0.6 is 0 Å². The summed E-state index contributed by atoms with van der Waals surface area (Å²) in [5, 5.41) is 6.78. The van der Waals surface area contributed by atoms with E-state index in [1.165, 1.54) is 5.39 Å². The first-order valence-corrected chi connectivity index (χ1v) is 7.20. The minimum atomic E-state index is 0.872. The van der Waals surface area contributed by atoms with Crippen molar-refractivity contribution in [1.82, 2.24) is 0 Å². The minimum Gasteiger partial charge on any atom is -0.497 e. The Labute approximate surface area is 130 Å². The Morgan fingerprint density at radius 3 is 2.41 bits per heavy atom. The molecule has 0 spiro atoms. The highest BCUT2D eigenvalue weighted by Gasteiger charge is 2.01. The first-order chi connectivity index (χ1) is 10.8. The maximum Gasteiger partial charge on any atom is 0.119 e. The van der Waals surface area contributed by atoms with Crippen LogP contribution in [0.3, 0.4) is 0 Å². The zero-order chi connectivity index (χ0) is 15.4. The lowest BCUT2D eigenvalue weighted by Crippen LogP contribution is -1.99. The maximum absolute atomic E-state index is 5.25. The summed E-state index contributed by atoms with van der Waals surface area (Å²) in [6.45, 7) is 2.00. The molecule has 3 heteroatoms. The average Bonchev–Trinajstić information content (AvgIpc) is 2.59. The fraction of sp³-hybridized carbons (Fsp3) is 0.105. The molecule has 0 aliphatic carbocycles. The van der Waals surface area contributed by atoms with Gasteiger partial charge < -0.3 is 4.74 Å². The number of para-hydroxylation sites is 1. The summed E-state index contributed by atoms with van der Waals surface area (Å²) in [4.78, 5) is 0. The maximum atomic E-state index is 5.25. The molecule has 0 atom stereocenters. The van der Waals surface area contributed by atoms with E-state index in [9.17, 15) is 0 Å². The van der Waals surface area contributed by atoms with E-state index in [0.717, 1.165) is 28.1 Å². The van der Waals surface area contributed by atoms with Crippen LogP contribution in [-0.2, 0) is 0 Å². The second kappa shape index (κ2) is 6.31. The molecule has 3 nitrogen and oxygen atoms in total. The van der Waals surface area contributed by atoms with Crippen LogP contribution in [0, 0.1) is 0 Å². The van der Waals surface area contributed by atoms with Gasteiger partial charge in [0.05, 0.1) is 18.5 Å². The number of hydrogen-bond acceptors (Lipinski definition) is 3. The Balaban J connectivity index is 1.86. The fourth-order valence-corrected chi connectivity index (χ4v) is 2.30. The summed E-state index contributed by atoms with van der Waals surface area (Å²) in [5.74, 6) is 0.872. The summed E-state index contributed by atoms with van der Waals surface area (Å²) in [7, 11) is 1.68. The topological polar surface area (TPSA) is 33.6 Å². The molecule has 3 rings (SSSR count). The molecule has 1 N–H and O–H groups in total. The largest absolute Gasteiger partial charge is 0.497 e. The SMILES string of the molecule is COc1ccc2cc(/C(C)=N\Nc3ccccc3)ccc2c1. The Kier molecular flexibility index (Phi) is 4.05. The van der Waals surface area contributed by atoms with Crippen LogP contribution in [0.15, 0.2) is 71.8 Å². The zero-order valence-corrected chi connectivity index (χ0v) is 12.7.